The summed E-state index contributed by atoms with van der Waals surface area (Å²) < 4.78 is 1.93. The van der Waals surface area contributed by atoms with Crippen LogP contribution in [0.5, 0.6) is 0 Å². The predicted octanol–water partition coefficient (Wildman–Crippen LogP) is 2.82. The van der Waals surface area contributed by atoms with Gasteiger partial charge in [-0.3, -0.25) is 4.68 Å². The Bertz CT molecular complexity index is 520. The molecule has 2 aromatic rings. The first kappa shape index (κ1) is 13.5. The molecule has 0 aliphatic rings. The Morgan fingerprint density at radius 1 is 1.56 bits per heavy atom. The normalized spacial score (nSPS) is 12.9. The number of aromatic nitrogens is 3. The molecule has 0 spiro atoms. The molecule has 0 bridgehead atoms. The number of hydrogen-bond donors (Lipinski definition) is 1. The molecule has 2 heterocycles. The molecule has 0 radical (unpaired) electrons. The highest BCUT2D eigenvalue weighted by Crippen LogP contribution is 2.26. The van der Waals surface area contributed by atoms with Crippen LogP contribution in [0.1, 0.15) is 29.4 Å². The molecule has 18 heavy (non-hydrogen) atoms. The Morgan fingerprint density at radius 3 is 2.89 bits per heavy atom. The minimum absolute atomic E-state index is 0.140. The van der Waals surface area contributed by atoms with Crippen LogP contribution in [0, 0.1) is 6.92 Å². The molecule has 4 nitrogen and oxygen atoms in total. The van der Waals surface area contributed by atoms with Gasteiger partial charge in [0.25, 0.3) is 0 Å². The molecule has 0 aliphatic heterocycles. The van der Waals surface area contributed by atoms with Gasteiger partial charge in [-0.15, -0.1) is 11.3 Å². The number of aryl methyl sites for hydroxylation is 2. The summed E-state index contributed by atoms with van der Waals surface area (Å²) >= 11 is 7.90. The van der Waals surface area contributed by atoms with Gasteiger partial charge in [-0.2, -0.15) is 5.10 Å². The number of nitrogens with one attached hydrogen (secondary N) is 1. The van der Waals surface area contributed by atoms with Crippen molar-refractivity contribution in [2.75, 3.05) is 7.05 Å². The molecule has 98 valence electrons. The van der Waals surface area contributed by atoms with Crippen LogP contribution < -0.4 is 5.32 Å². The topological polar surface area (TPSA) is 42.7 Å². The van der Waals surface area contributed by atoms with Crippen molar-refractivity contribution in [1.29, 1.82) is 0 Å². The standard InChI is InChI=1S/C12H17ClN4S/c1-4-17-12(10(13)6-15-17)11(14-3)5-9-7-18-8(2)16-9/h6-7,11,14H,4-5H2,1-3H3. The van der Waals surface area contributed by atoms with Gasteiger partial charge in [0.05, 0.1) is 33.7 Å². The first-order chi connectivity index (χ1) is 8.65. The Balaban J connectivity index is 2.25. The van der Waals surface area contributed by atoms with Gasteiger partial charge in [0.15, 0.2) is 0 Å². The highest BCUT2D eigenvalue weighted by molar-refractivity contribution is 7.09. The summed E-state index contributed by atoms with van der Waals surface area (Å²) in [5.74, 6) is 0. The summed E-state index contributed by atoms with van der Waals surface area (Å²) in [5.41, 5.74) is 2.13. The molecular weight excluding hydrogens is 268 g/mol. The first-order valence-corrected chi connectivity index (χ1v) is 7.21. The molecule has 0 saturated carbocycles. The molecule has 2 aromatic heterocycles. The van der Waals surface area contributed by atoms with E-state index in [2.05, 4.69) is 27.7 Å². The van der Waals surface area contributed by atoms with E-state index in [1.807, 2.05) is 18.7 Å². The number of nitrogens with zero attached hydrogens (tertiary/aromatic N) is 3. The van der Waals surface area contributed by atoms with Crippen LogP contribution in [0.25, 0.3) is 0 Å². The lowest BCUT2D eigenvalue weighted by molar-refractivity contribution is 0.510. The average Bonchev–Trinajstić information content (AvgIpc) is 2.92. The zero-order valence-electron chi connectivity index (χ0n) is 10.8. The molecule has 2 rings (SSSR count). The Kier molecular flexibility index (Phi) is 4.37. The average molecular weight is 285 g/mol. The molecule has 1 N–H and O–H groups in total. The maximum Gasteiger partial charge on any atom is 0.0897 e. The van der Waals surface area contributed by atoms with Gasteiger partial charge in [-0.1, -0.05) is 11.6 Å². The second kappa shape index (κ2) is 5.82. The lowest BCUT2D eigenvalue weighted by atomic mass is 10.1. The lowest BCUT2D eigenvalue weighted by Crippen LogP contribution is -2.23. The van der Waals surface area contributed by atoms with Crippen molar-refractivity contribution >= 4 is 22.9 Å². The van der Waals surface area contributed by atoms with Gasteiger partial charge >= 0.3 is 0 Å². The van der Waals surface area contributed by atoms with Gasteiger partial charge in [0.2, 0.25) is 0 Å². The molecule has 1 unspecified atom stereocenters. The highest BCUT2D eigenvalue weighted by atomic mass is 35.5. The quantitative estimate of drug-likeness (QED) is 0.918. The largest absolute Gasteiger partial charge is 0.311 e. The molecule has 0 aliphatic carbocycles. The van der Waals surface area contributed by atoms with Gasteiger partial charge in [-0.25, -0.2) is 4.98 Å². The third-order valence-electron chi connectivity index (χ3n) is 2.89. The molecule has 6 heteroatoms. The molecular formula is C12H17ClN4S. The summed E-state index contributed by atoms with van der Waals surface area (Å²) in [7, 11) is 1.94. The van der Waals surface area contributed by atoms with Crippen molar-refractivity contribution in [2.45, 2.75) is 32.9 Å². The second-order valence-electron chi connectivity index (χ2n) is 4.10. The lowest BCUT2D eigenvalue weighted by Gasteiger charge is -2.17. The van der Waals surface area contributed by atoms with Crippen LogP contribution in [-0.4, -0.2) is 21.8 Å². The summed E-state index contributed by atoms with van der Waals surface area (Å²) in [6, 6.07) is 0.140. The van der Waals surface area contributed by atoms with Crippen molar-refractivity contribution in [3.63, 3.8) is 0 Å². The highest BCUT2D eigenvalue weighted by Gasteiger charge is 2.19. The summed E-state index contributed by atoms with van der Waals surface area (Å²) in [4.78, 5) is 4.50. The summed E-state index contributed by atoms with van der Waals surface area (Å²) in [6.45, 7) is 4.90. The first-order valence-electron chi connectivity index (χ1n) is 5.95. The van der Waals surface area contributed by atoms with Crippen molar-refractivity contribution in [1.82, 2.24) is 20.1 Å². The fraction of sp³-hybridized carbons (Fsp3) is 0.500. The fourth-order valence-electron chi connectivity index (χ4n) is 2.02. The van der Waals surface area contributed by atoms with Crippen molar-refractivity contribution in [3.8, 4) is 0 Å². The van der Waals surface area contributed by atoms with Gasteiger partial charge in [0.1, 0.15) is 0 Å². The molecule has 1 atom stereocenters. The van der Waals surface area contributed by atoms with E-state index in [9.17, 15) is 0 Å². The van der Waals surface area contributed by atoms with Crippen LogP contribution in [0.4, 0.5) is 0 Å². The van der Waals surface area contributed by atoms with Crippen LogP contribution >= 0.6 is 22.9 Å². The number of likely N-dealkylation sites (N-methyl/N-ethyl adjacent to an activating group) is 1. The third-order valence-corrected chi connectivity index (χ3v) is 4.00. The van der Waals surface area contributed by atoms with E-state index in [0.717, 1.165) is 29.4 Å². The SMILES string of the molecule is CCn1ncc(Cl)c1C(Cc1csc(C)n1)NC. The van der Waals surface area contributed by atoms with E-state index in [-0.39, 0.29) is 6.04 Å². The van der Waals surface area contributed by atoms with Crippen molar-refractivity contribution in [2.24, 2.45) is 0 Å². The van der Waals surface area contributed by atoms with Crippen molar-refractivity contribution < 1.29 is 0 Å². The molecule has 0 saturated heterocycles. The van der Waals surface area contributed by atoms with Gasteiger partial charge in [0, 0.05) is 18.3 Å². The summed E-state index contributed by atoms with van der Waals surface area (Å²) in [6.07, 6.45) is 2.53. The van der Waals surface area contributed by atoms with E-state index in [1.54, 1.807) is 17.5 Å². The number of halogens is 1. The van der Waals surface area contributed by atoms with E-state index >= 15 is 0 Å². The predicted molar refractivity (Wildman–Crippen MR) is 75.3 cm³/mol. The smallest absolute Gasteiger partial charge is 0.0897 e. The molecule has 0 amide bonds. The van der Waals surface area contributed by atoms with Crippen molar-refractivity contribution in [3.05, 3.63) is 33.0 Å². The van der Waals surface area contributed by atoms with Crippen LogP contribution in [0.2, 0.25) is 5.02 Å². The maximum atomic E-state index is 6.23. The Hall–Kier alpha value is -0.910. The third kappa shape index (κ3) is 2.74. The zero-order valence-corrected chi connectivity index (χ0v) is 12.3. The zero-order chi connectivity index (χ0) is 13.1. The maximum absolute atomic E-state index is 6.23. The number of thiazole rings is 1. The van der Waals surface area contributed by atoms with Gasteiger partial charge in [-0.05, 0) is 20.9 Å². The van der Waals surface area contributed by atoms with E-state index in [4.69, 9.17) is 11.6 Å². The number of rotatable bonds is 5. The molecule has 0 aromatic carbocycles. The number of hydrogen-bond acceptors (Lipinski definition) is 4. The monoisotopic (exact) mass is 284 g/mol. The molecule has 0 fully saturated rings. The Labute approximate surface area is 116 Å². The van der Waals surface area contributed by atoms with E-state index in [1.165, 1.54) is 0 Å². The fourth-order valence-corrected chi connectivity index (χ4v) is 2.92. The van der Waals surface area contributed by atoms with E-state index < -0.39 is 0 Å². The van der Waals surface area contributed by atoms with Crippen LogP contribution in [-0.2, 0) is 13.0 Å². The van der Waals surface area contributed by atoms with Gasteiger partial charge < -0.3 is 5.32 Å². The van der Waals surface area contributed by atoms with E-state index in [0.29, 0.717) is 5.02 Å². The van der Waals surface area contributed by atoms with Crippen LogP contribution in [0.3, 0.4) is 0 Å². The second-order valence-corrected chi connectivity index (χ2v) is 5.57. The minimum Gasteiger partial charge on any atom is -0.311 e. The summed E-state index contributed by atoms with van der Waals surface area (Å²) in [5, 5.41) is 11.5. The minimum atomic E-state index is 0.140. The Morgan fingerprint density at radius 2 is 2.33 bits per heavy atom. The van der Waals surface area contributed by atoms with Crippen LogP contribution in [0.15, 0.2) is 11.6 Å².